The molecule has 0 unspecified atom stereocenters. The molecule has 1 aliphatic rings. The van der Waals surface area contributed by atoms with E-state index in [0.717, 1.165) is 38.8 Å². The highest BCUT2D eigenvalue weighted by Crippen LogP contribution is 2.31. The van der Waals surface area contributed by atoms with E-state index < -0.39 is 0 Å². The molecule has 0 saturated carbocycles. The quantitative estimate of drug-likeness (QED) is 0.739. The van der Waals surface area contributed by atoms with E-state index in [0.29, 0.717) is 30.6 Å². The van der Waals surface area contributed by atoms with Gasteiger partial charge in [-0.1, -0.05) is 13.8 Å². The molecule has 0 N–H and O–H groups in total. The van der Waals surface area contributed by atoms with Gasteiger partial charge in [-0.3, -0.25) is 4.79 Å². The van der Waals surface area contributed by atoms with E-state index >= 15 is 0 Å². The Hall–Kier alpha value is -2.75. The van der Waals surface area contributed by atoms with Crippen molar-refractivity contribution < 1.29 is 13.6 Å². The van der Waals surface area contributed by atoms with Gasteiger partial charge in [0.05, 0.1) is 6.26 Å². The minimum absolute atomic E-state index is 0.0392. The fourth-order valence-electron chi connectivity index (χ4n) is 3.56. The van der Waals surface area contributed by atoms with Crippen LogP contribution in [0.15, 0.2) is 27.2 Å². The highest BCUT2D eigenvalue weighted by atomic mass is 16.4. The molecule has 0 aromatic carbocycles. The summed E-state index contributed by atoms with van der Waals surface area (Å²) in [4.78, 5) is 21.0. The number of amides is 1. The van der Waals surface area contributed by atoms with Crippen LogP contribution in [0, 0.1) is 17.2 Å². The monoisotopic (exact) mass is 370 g/mol. The Morgan fingerprint density at radius 3 is 2.59 bits per heavy atom. The fourth-order valence-corrected chi connectivity index (χ4v) is 3.56. The Morgan fingerprint density at radius 1 is 1.33 bits per heavy atom. The average molecular weight is 370 g/mol. The van der Waals surface area contributed by atoms with Crippen molar-refractivity contribution in [3.63, 3.8) is 0 Å². The van der Waals surface area contributed by atoms with Gasteiger partial charge in [0.25, 0.3) is 5.89 Å². The van der Waals surface area contributed by atoms with E-state index in [1.807, 2.05) is 9.80 Å². The molecule has 144 valence electrons. The first-order valence-electron chi connectivity index (χ1n) is 9.66. The van der Waals surface area contributed by atoms with Gasteiger partial charge in [0.1, 0.15) is 6.07 Å². The van der Waals surface area contributed by atoms with E-state index in [1.54, 1.807) is 18.4 Å². The number of piperidine rings is 1. The van der Waals surface area contributed by atoms with Crippen molar-refractivity contribution in [2.75, 3.05) is 31.1 Å². The second kappa shape index (κ2) is 8.76. The molecule has 0 atom stereocenters. The smallest absolute Gasteiger partial charge is 0.266 e. The average Bonchev–Trinajstić information content (AvgIpc) is 3.37. The van der Waals surface area contributed by atoms with Crippen LogP contribution in [-0.4, -0.2) is 42.0 Å². The first-order chi connectivity index (χ1) is 13.2. The lowest BCUT2D eigenvalue weighted by atomic mass is 9.95. The first-order valence-corrected chi connectivity index (χ1v) is 9.66. The molecule has 0 aliphatic carbocycles. The third-order valence-electron chi connectivity index (χ3n) is 4.88. The summed E-state index contributed by atoms with van der Waals surface area (Å²) in [5.74, 6) is 1.57. The predicted octanol–water partition coefficient (Wildman–Crippen LogP) is 3.67. The largest absolute Gasteiger partial charge is 0.459 e. The predicted molar refractivity (Wildman–Crippen MR) is 101 cm³/mol. The first kappa shape index (κ1) is 19.0. The minimum atomic E-state index is 0.0392. The molecule has 27 heavy (non-hydrogen) atoms. The summed E-state index contributed by atoms with van der Waals surface area (Å²) in [6, 6.07) is 5.60. The molecule has 0 spiro atoms. The van der Waals surface area contributed by atoms with Crippen molar-refractivity contribution in [3.8, 4) is 17.7 Å². The maximum absolute atomic E-state index is 12.8. The topological polar surface area (TPSA) is 86.5 Å². The standard InChI is InChI=1S/C20H26N4O3/c1-3-9-23(10-4-2)19(25)15-7-11-24(12-8-15)20-16(14-21)22-18(27-20)17-6-5-13-26-17/h5-6,13,15H,3-4,7-12H2,1-2H3. The van der Waals surface area contributed by atoms with Crippen LogP contribution in [-0.2, 0) is 4.79 Å². The molecule has 2 aromatic rings. The van der Waals surface area contributed by atoms with E-state index in [-0.39, 0.29) is 17.5 Å². The summed E-state index contributed by atoms with van der Waals surface area (Å²) >= 11 is 0. The number of nitrogens with zero attached hydrogens (tertiary/aromatic N) is 4. The van der Waals surface area contributed by atoms with Gasteiger partial charge in [-0.2, -0.15) is 10.2 Å². The second-order valence-electron chi connectivity index (χ2n) is 6.85. The molecule has 1 fully saturated rings. The highest BCUT2D eigenvalue weighted by molar-refractivity contribution is 5.79. The highest BCUT2D eigenvalue weighted by Gasteiger charge is 2.31. The van der Waals surface area contributed by atoms with Crippen molar-refractivity contribution in [2.45, 2.75) is 39.5 Å². The zero-order valence-electron chi connectivity index (χ0n) is 16.0. The lowest BCUT2D eigenvalue weighted by Gasteiger charge is -2.34. The van der Waals surface area contributed by atoms with Crippen molar-refractivity contribution in [2.24, 2.45) is 5.92 Å². The number of carbonyl (C=O) groups is 1. The molecule has 7 heteroatoms. The molecule has 3 heterocycles. The van der Waals surface area contributed by atoms with E-state index in [4.69, 9.17) is 8.83 Å². The SMILES string of the molecule is CCCN(CCC)C(=O)C1CCN(c2oc(-c3ccco3)nc2C#N)CC1. The van der Waals surface area contributed by atoms with Crippen LogP contribution in [0.3, 0.4) is 0 Å². The van der Waals surface area contributed by atoms with Gasteiger partial charge in [0.2, 0.25) is 17.5 Å². The third kappa shape index (κ3) is 4.16. The minimum Gasteiger partial charge on any atom is -0.459 e. The number of anilines is 1. The molecule has 1 saturated heterocycles. The zero-order chi connectivity index (χ0) is 19.2. The van der Waals surface area contributed by atoms with Crippen molar-refractivity contribution in [1.29, 1.82) is 5.26 Å². The van der Waals surface area contributed by atoms with Gasteiger partial charge in [-0.25, -0.2) is 0 Å². The third-order valence-corrected chi connectivity index (χ3v) is 4.88. The lowest BCUT2D eigenvalue weighted by Crippen LogP contribution is -2.43. The molecule has 1 amide bonds. The van der Waals surface area contributed by atoms with Crippen LogP contribution < -0.4 is 4.90 Å². The van der Waals surface area contributed by atoms with Crippen LogP contribution in [0.1, 0.15) is 45.2 Å². The van der Waals surface area contributed by atoms with Gasteiger partial charge >= 0.3 is 0 Å². The van der Waals surface area contributed by atoms with E-state index in [2.05, 4.69) is 24.9 Å². The number of hydrogen-bond acceptors (Lipinski definition) is 6. The van der Waals surface area contributed by atoms with Crippen LogP contribution in [0.5, 0.6) is 0 Å². The Bertz CT molecular complexity index is 777. The van der Waals surface area contributed by atoms with E-state index in [9.17, 15) is 10.1 Å². The van der Waals surface area contributed by atoms with Gasteiger partial charge in [-0.15, -0.1) is 0 Å². The number of rotatable bonds is 7. The fraction of sp³-hybridized carbons (Fsp3) is 0.550. The number of nitriles is 1. The van der Waals surface area contributed by atoms with Gasteiger partial charge in [0, 0.05) is 32.1 Å². The second-order valence-corrected chi connectivity index (χ2v) is 6.85. The number of aromatic nitrogens is 1. The maximum atomic E-state index is 12.8. The molecule has 1 aliphatic heterocycles. The Labute approximate surface area is 159 Å². The van der Waals surface area contributed by atoms with Crippen LogP contribution in [0.4, 0.5) is 5.88 Å². The molecule has 7 nitrogen and oxygen atoms in total. The van der Waals surface area contributed by atoms with Crippen molar-refractivity contribution in [1.82, 2.24) is 9.88 Å². The maximum Gasteiger partial charge on any atom is 0.266 e. The summed E-state index contributed by atoms with van der Waals surface area (Å²) in [5.41, 5.74) is 0.254. The van der Waals surface area contributed by atoms with Crippen molar-refractivity contribution >= 4 is 11.8 Å². The molecular weight excluding hydrogens is 344 g/mol. The number of hydrogen-bond donors (Lipinski definition) is 0. The van der Waals surface area contributed by atoms with Crippen molar-refractivity contribution in [3.05, 3.63) is 24.1 Å². The molecule has 2 aromatic heterocycles. The van der Waals surface area contributed by atoms with Crippen LogP contribution >= 0.6 is 0 Å². The van der Waals surface area contributed by atoms with E-state index in [1.165, 1.54) is 0 Å². The van der Waals surface area contributed by atoms with Crippen LogP contribution in [0.2, 0.25) is 0 Å². The Kier molecular flexibility index (Phi) is 6.17. The molecule has 0 bridgehead atoms. The number of carbonyl (C=O) groups excluding carboxylic acids is 1. The van der Waals surface area contributed by atoms with Gasteiger partial charge < -0.3 is 18.6 Å². The number of furan rings is 1. The number of oxazole rings is 1. The lowest BCUT2D eigenvalue weighted by molar-refractivity contribution is -0.136. The molecular formula is C20H26N4O3. The van der Waals surface area contributed by atoms with Crippen LogP contribution in [0.25, 0.3) is 11.7 Å². The zero-order valence-corrected chi connectivity index (χ0v) is 16.0. The Balaban J connectivity index is 1.67. The molecule has 0 radical (unpaired) electrons. The summed E-state index contributed by atoms with van der Waals surface area (Å²) in [7, 11) is 0. The summed E-state index contributed by atoms with van der Waals surface area (Å²) in [6.07, 6.45) is 5.00. The normalized spacial score (nSPS) is 14.9. The summed E-state index contributed by atoms with van der Waals surface area (Å²) in [6.45, 7) is 7.18. The summed E-state index contributed by atoms with van der Waals surface area (Å²) in [5, 5.41) is 9.40. The van der Waals surface area contributed by atoms with Gasteiger partial charge in [-0.05, 0) is 37.8 Å². The molecule has 3 rings (SSSR count). The summed E-state index contributed by atoms with van der Waals surface area (Å²) < 4.78 is 11.1. The Morgan fingerprint density at radius 2 is 2.04 bits per heavy atom. The van der Waals surface area contributed by atoms with Gasteiger partial charge in [0.15, 0.2) is 5.76 Å².